The second kappa shape index (κ2) is 3.83. The third-order valence-corrected chi connectivity index (χ3v) is 1.51. The molecule has 0 amide bonds. The zero-order valence-electron chi connectivity index (χ0n) is 7.68. The van der Waals surface area contributed by atoms with Crippen LogP contribution in [0.1, 0.15) is 27.7 Å². The second-order valence-corrected chi connectivity index (χ2v) is 3.10. The summed E-state index contributed by atoms with van der Waals surface area (Å²) in [5, 5.41) is 0. The topological polar surface area (TPSA) is 52.3 Å². The fraction of sp³-hybridized carbons (Fsp3) is 0.875. The highest BCUT2D eigenvalue weighted by atomic mass is 16.5. The number of ether oxygens (including phenoxy) is 1. The van der Waals surface area contributed by atoms with Gasteiger partial charge in [0.2, 0.25) is 0 Å². The second-order valence-electron chi connectivity index (χ2n) is 3.10. The van der Waals surface area contributed by atoms with Crippen molar-refractivity contribution in [2.45, 2.75) is 39.3 Å². The van der Waals surface area contributed by atoms with Gasteiger partial charge < -0.3 is 10.5 Å². The Labute approximate surface area is 67.9 Å². The summed E-state index contributed by atoms with van der Waals surface area (Å²) >= 11 is 0. The number of rotatable bonds is 4. The lowest BCUT2D eigenvalue weighted by molar-refractivity contribution is -0.140. The molecule has 0 saturated carbocycles. The Balaban J connectivity index is 4.17. The Morgan fingerprint density at radius 3 is 2.36 bits per heavy atom. The monoisotopic (exact) mass is 159 g/mol. The van der Waals surface area contributed by atoms with E-state index >= 15 is 0 Å². The molecule has 0 bridgehead atoms. The van der Waals surface area contributed by atoms with E-state index in [-0.39, 0.29) is 5.78 Å². The molecule has 1 unspecified atom stereocenters. The van der Waals surface area contributed by atoms with Gasteiger partial charge in [-0.1, -0.05) is 0 Å². The van der Waals surface area contributed by atoms with Gasteiger partial charge in [0.05, 0.1) is 6.04 Å². The van der Waals surface area contributed by atoms with Crippen LogP contribution in [0.15, 0.2) is 0 Å². The van der Waals surface area contributed by atoms with E-state index in [1.54, 1.807) is 20.8 Å². The van der Waals surface area contributed by atoms with Gasteiger partial charge in [-0.2, -0.15) is 0 Å². The molecule has 0 radical (unpaired) electrons. The average molecular weight is 159 g/mol. The Hall–Kier alpha value is -0.410. The predicted molar refractivity (Wildman–Crippen MR) is 44.4 cm³/mol. The van der Waals surface area contributed by atoms with E-state index < -0.39 is 11.6 Å². The van der Waals surface area contributed by atoms with Gasteiger partial charge in [0, 0.05) is 6.61 Å². The molecule has 0 fully saturated rings. The molecule has 0 aliphatic carbocycles. The molecular formula is C8H17NO2. The summed E-state index contributed by atoms with van der Waals surface area (Å²) in [6, 6.07) is -0.448. The molecule has 0 saturated heterocycles. The van der Waals surface area contributed by atoms with Crippen molar-refractivity contribution in [2.75, 3.05) is 6.61 Å². The van der Waals surface area contributed by atoms with Crippen molar-refractivity contribution in [3.63, 3.8) is 0 Å². The molecule has 0 aromatic carbocycles. The standard InChI is InChI=1S/C8H17NO2/c1-5-11-8(3,4)7(10)6(2)9/h6H,5,9H2,1-4H3. The third kappa shape index (κ3) is 2.99. The summed E-state index contributed by atoms with van der Waals surface area (Å²) in [6.07, 6.45) is 0. The van der Waals surface area contributed by atoms with Crippen LogP contribution in [0.25, 0.3) is 0 Å². The van der Waals surface area contributed by atoms with Crippen molar-refractivity contribution < 1.29 is 9.53 Å². The lowest BCUT2D eigenvalue weighted by atomic mass is 9.98. The normalized spacial score (nSPS) is 14.6. The van der Waals surface area contributed by atoms with Crippen molar-refractivity contribution in [3.8, 4) is 0 Å². The Morgan fingerprint density at radius 1 is 1.64 bits per heavy atom. The van der Waals surface area contributed by atoms with E-state index in [0.29, 0.717) is 6.61 Å². The maximum absolute atomic E-state index is 11.3. The smallest absolute Gasteiger partial charge is 0.180 e. The average Bonchev–Trinajstić information content (AvgIpc) is 1.86. The SMILES string of the molecule is CCOC(C)(C)C(=O)C(C)N. The van der Waals surface area contributed by atoms with E-state index in [4.69, 9.17) is 10.5 Å². The molecule has 0 rings (SSSR count). The first-order chi connectivity index (χ1) is 4.91. The van der Waals surface area contributed by atoms with Crippen LogP contribution in [0.4, 0.5) is 0 Å². The van der Waals surface area contributed by atoms with E-state index in [1.807, 2.05) is 6.92 Å². The Bertz CT molecular complexity index is 141. The molecular weight excluding hydrogens is 142 g/mol. The number of nitrogens with two attached hydrogens (primary N) is 1. The van der Waals surface area contributed by atoms with Gasteiger partial charge in [0.1, 0.15) is 5.60 Å². The summed E-state index contributed by atoms with van der Waals surface area (Å²) in [5.74, 6) is -0.0562. The van der Waals surface area contributed by atoms with Crippen LogP contribution >= 0.6 is 0 Å². The zero-order valence-corrected chi connectivity index (χ0v) is 7.68. The van der Waals surface area contributed by atoms with Crippen LogP contribution < -0.4 is 5.73 Å². The first-order valence-electron chi connectivity index (χ1n) is 3.85. The van der Waals surface area contributed by atoms with Crippen molar-refractivity contribution in [1.29, 1.82) is 0 Å². The van der Waals surface area contributed by atoms with Crippen LogP contribution in [0, 0.1) is 0 Å². The fourth-order valence-electron chi connectivity index (χ4n) is 0.980. The molecule has 11 heavy (non-hydrogen) atoms. The minimum absolute atomic E-state index is 0.0562. The lowest BCUT2D eigenvalue weighted by Gasteiger charge is -2.24. The third-order valence-electron chi connectivity index (χ3n) is 1.51. The van der Waals surface area contributed by atoms with E-state index in [2.05, 4.69) is 0 Å². The first-order valence-corrected chi connectivity index (χ1v) is 3.85. The van der Waals surface area contributed by atoms with Gasteiger partial charge in [0.15, 0.2) is 5.78 Å². The molecule has 0 aliphatic rings. The van der Waals surface area contributed by atoms with Gasteiger partial charge in [-0.15, -0.1) is 0 Å². The van der Waals surface area contributed by atoms with Crippen LogP contribution in [-0.2, 0) is 9.53 Å². The minimum Gasteiger partial charge on any atom is -0.368 e. The molecule has 0 aromatic heterocycles. The number of Topliss-reactive ketones (excluding diaryl/α,β-unsaturated/α-hetero) is 1. The minimum atomic E-state index is -0.733. The van der Waals surface area contributed by atoms with Crippen molar-refractivity contribution >= 4 is 5.78 Å². The van der Waals surface area contributed by atoms with Crippen molar-refractivity contribution in [1.82, 2.24) is 0 Å². The largest absolute Gasteiger partial charge is 0.368 e. The van der Waals surface area contributed by atoms with E-state index in [0.717, 1.165) is 0 Å². The number of ketones is 1. The lowest BCUT2D eigenvalue weighted by Crippen LogP contribution is -2.44. The quantitative estimate of drug-likeness (QED) is 0.657. The van der Waals surface area contributed by atoms with Gasteiger partial charge in [-0.25, -0.2) is 0 Å². The maximum Gasteiger partial charge on any atom is 0.180 e. The van der Waals surface area contributed by atoms with Crippen LogP contribution in [0.5, 0.6) is 0 Å². The summed E-state index contributed by atoms with van der Waals surface area (Å²) in [7, 11) is 0. The summed E-state index contributed by atoms with van der Waals surface area (Å²) < 4.78 is 5.22. The molecule has 1 atom stereocenters. The predicted octanol–water partition coefficient (Wildman–Crippen LogP) is 0.718. The molecule has 3 nitrogen and oxygen atoms in total. The maximum atomic E-state index is 11.3. The molecule has 2 N–H and O–H groups in total. The number of carbonyl (C=O) groups is 1. The van der Waals surface area contributed by atoms with Crippen LogP contribution in [-0.4, -0.2) is 24.0 Å². The Kier molecular flexibility index (Phi) is 3.69. The summed E-state index contributed by atoms with van der Waals surface area (Å²) in [5.41, 5.74) is 4.69. The van der Waals surface area contributed by atoms with E-state index in [1.165, 1.54) is 0 Å². The van der Waals surface area contributed by atoms with Gasteiger partial charge >= 0.3 is 0 Å². The van der Waals surface area contributed by atoms with Crippen LogP contribution in [0.3, 0.4) is 0 Å². The Morgan fingerprint density at radius 2 is 2.09 bits per heavy atom. The van der Waals surface area contributed by atoms with Crippen LogP contribution in [0.2, 0.25) is 0 Å². The number of hydrogen-bond acceptors (Lipinski definition) is 3. The summed E-state index contributed by atoms with van der Waals surface area (Å²) in [6.45, 7) is 7.54. The first kappa shape index (κ1) is 10.6. The number of carbonyl (C=O) groups excluding carboxylic acids is 1. The highest BCUT2D eigenvalue weighted by molar-refractivity contribution is 5.90. The van der Waals surface area contributed by atoms with Crippen molar-refractivity contribution in [2.24, 2.45) is 5.73 Å². The molecule has 0 spiro atoms. The van der Waals surface area contributed by atoms with E-state index in [9.17, 15) is 4.79 Å². The molecule has 0 aromatic rings. The van der Waals surface area contributed by atoms with Gasteiger partial charge in [-0.05, 0) is 27.7 Å². The number of hydrogen-bond donors (Lipinski definition) is 1. The highest BCUT2D eigenvalue weighted by Gasteiger charge is 2.29. The van der Waals surface area contributed by atoms with Gasteiger partial charge in [0.25, 0.3) is 0 Å². The molecule has 3 heteroatoms. The molecule has 0 heterocycles. The fourth-order valence-corrected chi connectivity index (χ4v) is 0.980. The summed E-state index contributed by atoms with van der Waals surface area (Å²) in [4.78, 5) is 11.3. The molecule has 66 valence electrons. The zero-order chi connectivity index (χ0) is 9.07. The van der Waals surface area contributed by atoms with Gasteiger partial charge in [-0.3, -0.25) is 4.79 Å². The van der Waals surface area contributed by atoms with Crippen molar-refractivity contribution in [3.05, 3.63) is 0 Å². The highest BCUT2D eigenvalue weighted by Crippen LogP contribution is 2.11. The molecule has 0 aliphatic heterocycles.